The Hall–Kier alpha value is -1.81. The van der Waals surface area contributed by atoms with Crippen LogP contribution in [-0.4, -0.2) is 50.0 Å². The van der Waals surface area contributed by atoms with Crippen LogP contribution in [0.1, 0.15) is 32.8 Å². The zero-order chi connectivity index (χ0) is 25.6. The molecular weight excluding hydrogens is 565 g/mol. The van der Waals surface area contributed by atoms with Gasteiger partial charge in [-0.2, -0.15) is 0 Å². The van der Waals surface area contributed by atoms with Gasteiger partial charge in [-0.25, -0.2) is 8.42 Å². The first-order valence-electron chi connectivity index (χ1n) is 10.6. The van der Waals surface area contributed by atoms with E-state index in [1.165, 1.54) is 23.1 Å². The second-order valence-corrected chi connectivity index (χ2v) is 11.7. The van der Waals surface area contributed by atoms with Gasteiger partial charge in [0.05, 0.1) is 11.9 Å². The summed E-state index contributed by atoms with van der Waals surface area (Å²) in [5.74, 6) is -0.872. The predicted octanol–water partition coefficient (Wildman–Crippen LogP) is 4.85. The number of rotatable bonds is 10. The van der Waals surface area contributed by atoms with Crippen LogP contribution in [0, 0.1) is 0 Å². The second kappa shape index (κ2) is 12.2. The molecule has 0 saturated heterocycles. The molecule has 0 heterocycles. The minimum absolute atomic E-state index is 0.0705. The summed E-state index contributed by atoms with van der Waals surface area (Å²) in [6, 6.07) is 10.7. The molecule has 0 aliphatic heterocycles. The van der Waals surface area contributed by atoms with E-state index in [2.05, 4.69) is 21.2 Å². The summed E-state index contributed by atoms with van der Waals surface area (Å²) in [4.78, 5) is 27.7. The summed E-state index contributed by atoms with van der Waals surface area (Å²) < 4.78 is 26.9. The number of nitrogens with zero attached hydrogens (tertiary/aromatic N) is 2. The zero-order valence-electron chi connectivity index (χ0n) is 19.4. The van der Waals surface area contributed by atoms with Crippen molar-refractivity contribution < 1.29 is 18.0 Å². The Balaban J connectivity index is 2.42. The maximum atomic E-state index is 13.5. The van der Waals surface area contributed by atoms with Gasteiger partial charge in [-0.05, 0) is 56.2 Å². The van der Waals surface area contributed by atoms with Gasteiger partial charge in [0.25, 0.3) is 0 Å². The van der Waals surface area contributed by atoms with Gasteiger partial charge in [0.2, 0.25) is 21.8 Å². The first kappa shape index (κ1) is 28.4. The average molecular weight is 593 g/mol. The predicted molar refractivity (Wildman–Crippen MR) is 141 cm³/mol. The third kappa shape index (κ3) is 8.15. The minimum atomic E-state index is -3.87. The Labute approximate surface area is 219 Å². The first-order valence-corrected chi connectivity index (χ1v) is 14.0. The number of anilines is 1. The maximum Gasteiger partial charge on any atom is 0.244 e. The quantitative estimate of drug-likeness (QED) is 0.427. The molecule has 0 spiro atoms. The molecule has 0 unspecified atom stereocenters. The highest BCUT2D eigenvalue weighted by atomic mass is 79.9. The van der Waals surface area contributed by atoms with Crippen molar-refractivity contribution in [1.29, 1.82) is 0 Å². The number of sulfonamides is 1. The Bertz CT molecular complexity index is 1130. The topological polar surface area (TPSA) is 86.8 Å². The van der Waals surface area contributed by atoms with Crippen LogP contribution in [0.5, 0.6) is 0 Å². The van der Waals surface area contributed by atoms with Crippen LogP contribution >= 0.6 is 39.1 Å². The summed E-state index contributed by atoms with van der Waals surface area (Å²) in [6.07, 6.45) is 1.72. The van der Waals surface area contributed by atoms with Gasteiger partial charge in [0.15, 0.2) is 0 Å². The molecule has 0 aliphatic rings. The van der Waals surface area contributed by atoms with Crippen molar-refractivity contribution in [2.24, 2.45) is 0 Å². The Morgan fingerprint density at radius 3 is 2.24 bits per heavy atom. The summed E-state index contributed by atoms with van der Waals surface area (Å²) in [5, 5.41) is 3.35. The van der Waals surface area contributed by atoms with Crippen molar-refractivity contribution in [1.82, 2.24) is 10.2 Å². The largest absolute Gasteiger partial charge is 0.352 e. The number of amides is 2. The highest BCUT2D eigenvalue weighted by Crippen LogP contribution is 2.27. The molecule has 7 nitrogen and oxygen atoms in total. The van der Waals surface area contributed by atoms with Crippen LogP contribution in [0.15, 0.2) is 46.9 Å². The lowest BCUT2D eigenvalue weighted by Crippen LogP contribution is -2.52. The molecule has 2 rings (SSSR count). The number of benzene rings is 2. The van der Waals surface area contributed by atoms with Gasteiger partial charge in [0, 0.05) is 27.1 Å². The van der Waals surface area contributed by atoms with Gasteiger partial charge in [-0.15, -0.1) is 0 Å². The molecule has 2 aromatic rings. The number of nitrogens with one attached hydrogen (secondary N) is 1. The molecular formula is C23H28BrCl2N3O4S. The summed E-state index contributed by atoms with van der Waals surface area (Å²) in [5.41, 5.74) is 0.940. The highest BCUT2D eigenvalue weighted by Gasteiger charge is 2.30. The fraction of sp³-hybridized carbons (Fsp3) is 0.391. The van der Waals surface area contributed by atoms with E-state index in [1.807, 2.05) is 38.1 Å². The van der Waals surface area contributed by atoms with Crippen LogP contribution in [0.4, 0.5) is 5.69 Å². The summed E-state index contributed by atoms with van der Waals surface area (Å²) in [6.45, 7) is 5.03. The Kier molecular flexibility index (Phi) is 10.2. The Morgan fingerprint density at radius 1 is 1.09 bits per heavy atom. The first-order chi connectivity index (χ1) is 15.8. The van der Waals surface area contributed by atoms with Crippen molar-refractivity contribution in [2.75, 3.05) is 17.1 Å². The SMILES string of the molecule is CC[C@@H](C)NC(=O)[C@H](C)N(Cc1cccc(Br)c1)C(=O)CN(c1cc(Cl)cc(Cl)c1)S(C)(=O)=O. The van der Waals surface area contributed by atoms with Crippen LogP contribution in [0.25, 0.3) is 0 Å². The summed E-state index contributed by atoms with van der Waals surface area (Å²) in [7, 11) is -3.87. The third-order valence-corrected chi connectivity index (χ3v) is 7.30. The van der Waals surface area contributed by atoms with Crippen molar-refractivity contribution in [3.63, 3.8) is 0 Å². The molecule has 0 aromatic heterocycles. The molecule has 34 heavy (non-hydrogen) atoms. The standard InChI is InChI=1S/C23H28BrCl2N3O4S/c1-5-15(2)27-23(31)16(3)28(13-17-7-6-8-18(24)9-17)22(30)14-29(34(4,32)33)21-11-19(25)10-20(26)12-21/h6-12,15-16H,5,13-14H2,1-4H3,(H,27,31)/t15-,16+/m1/s1. The van der Waals surface area contributed by atoms with Crippen molar-refractivity contribution >= 4 is 66.7 Å². The number of halogens is 3. The number of carbonyl (C=O) groups is 2. The van der Waals surface area contributed by atoms with E-state index in [1.54, 1.807) is 6.92 Å². The lowest BCUT2D eigenvalue weighted by Gasteiger charge is -2.32. The van der Waals surface area contributed by atoms with E-state index in [0.29, 0.717) is 0 Å². The van der Waals surface area contributed by atoms with E-state index >= 15 is 0 Å². The highest BCUT2D eigenvalue weighted by molar-refractivity contribution is 9.10. The smallest absolute Gasteiger partial charge is 0.244 e. The molecule has 186 valence electrons. The maximum absolute atomic E-state index is 13.5. The number of hydrogen-bond donors (Lipinski definition) is 1. The van der Waals surface area contributed by atoms with Crippen LogP contribution in [-0.2, 0) is 26.2 Å². The van der Waals surface area contributed by atoms with Crippen molar-refractivity contribution in [3.8, 4) is 0 Å². The van der Waals surface area contributed by atoms with Gasteiger partial charge >= 0.3 is 0 Å². The fourth-order valence-electron chi connectivity index (χ4n) is 3.18. The molecule has 2 aromatic carbocycles. The van der Waals surface area contributed by atoms with Crippen molar-refractivity contribution in [3.05, 3.63) is 62.5 Å². The second-order valence-electron chi connectivity index (χ2n) is 8.04. The van der Waals surface area contributed by atoms with E-state index < -0.39 is 28.5 Å². The normalized spacial score (nSPS) is 13.1. The fourth-order valence-corrected chi connectivity index (χ4v) is 4.97. The van der Waals surface area contributed by atoms with E-state index in [4.69, 9.17) is 23.2 Å². The van der Waals surface area contributed by atoms with E-state index in [0.717, 1.165) is 27.0 Å². The zero-order valence-corrected chi connectivity index (χ0v) is 23.3. The van der Waals surface area contributed by atoms with Crippen molar-refractivity contribution in [2.45, 2.75) is 45.8 Å². The van der Waals surface area contributed by atoms with Gasteiger partial charge < -0.3 is 10.2 Å². The van der Waals surface area contributed by atoms with Crippen LogP contribution in [0.3, 0.4) is 0 Å². The number of hydrogen-bond acceptors (Lipinski definition) is 4. The molecule has 2 atom stereocenters. The molecule has 0 radical (unpaired) electrons. The molecule has 0 aliphatic carbocycles. The van der Waals surface area contributed by atoms with E-state index in [9.17, 15) is 18.0 Å². The van der Waals surface area contributed by atoms with Gasteiger partial charge in [0.1, 0.15) is 12.6 Å². The lowest BCUT2D eigenvalue weighted by atomic mass is 10.1. The third-order valence-electron chi connectivity index (χ3n) is 5.22. The molecule has 1 N–H and O–H groups in total. The van der Waals surface area contributed by atoms with Crippen LogP contribution < -0.4 is 9.62 Å². The molecule has 2 amide bonds. The minimum Gasteiger partial charge on any atom is -0.352 e. The molecule has 11 heteroatoms. The van der Waals surface area contributed by atoms with E-state index in [-0.39, 0.29) is 34.2 Å². The lowest BCUT2D eigenvalue weighted by molar-refractivity contribution is -0.139. The summed E-state index contributed by atoms with van der Waals surface area (Å²) >= 11 is 15.5. The van der Waals surface area contributed by atoms with Gasteiger partial charge in [-0.3, -0.25) is 13.9 Å². The molecule has 0 bridgehead atoms. The average Bonchev–Trinajstić information content (AvgIpc) is 2.73. The molecule has 0 fully saturated rings. The number of carbonyl (C=O) groups excluding carboxylic acids is 2. The Morgan fingerprint density at radius 2 is 1.71 bits per heavy atom. The van der Waals surface area contributed by atoms with Gasteiger partial charge in [-0.1, -0.05) is 58.2 Å². The van der Waals surface area contributed by atoms with Crippen LogP contribution in [0.2, 0.25) is 10.0 Å². The monoisotopic (exact) mass is 591 g/mol. The molecule has 0 saturated carbocycles.